The highest BCUT2D eigenvalue weighted by molar-refractivity contribution is 7.93. The van der Waals surface area contributed by atoms with Crippen LogP contribution in [-0.2, 0) is 10.0 Å². The highest BCUT2D eigenvalue weighted by Crippen LogP contribution is 2.26. The number of hydrogen-bond acceptors (Lipinski definition) is 5. The van der Waals surface area contributed by atoms with Crippen molar-refractivity contribution in [3.05, 3.63) is 46.3 Å². The smallest absolute Gasteiger partial charge is 0.345 e. The largest absolute Gasteiger partial charge is 0.477 e. The van der Waals surface area contributed by atoms with Crippen LogP contribution in [0.25, 0.3) is 0 Å². The maximum absolute atomic E-state index is 12.3. The Hall–Kier alpha value is -2.37. The van der Waals surface area contributed by atoms with Crippen LogP contribution in [0.1, 0.15) is 20.8 Å². The van der Waals surface area contributed by atoms with Crippen LogP contribution in [0.3, 0.4) is 0 Å². The van der Waals surface area contributed by atoms with Crippen LogP contribution in [0.4, 0.5) is 5.00 Å². The number of nitrogens with one attached hydrogen (secondary N) is 1. The first-order valence-corrected chi connectivity index (χ1v) is 8.00. The Bertz CT molecular complexity index is 847. The Labute approximate surface area is 125 Å². The first kappa shape index (κ1) is 15.0. The Morgan fingerprint density at radius 3 is 2.62 bits per heavy atom. The molecule has 0 aliphatic heterocycles. The maximum atomic E-state index is 12.3. The lowest BCUT2D eigenvalue weighted by Gasteiger charge is -2.09. The average Bonchev–Trinajstić information content (AvgIpc) is 2.87. The molecule has 0 saturated carbocycles. The fourth-order valence-corrected chi connectivity index (χ4v) is 3.96. The Morgan fingerprint density at radius 1 is 1.33 bits per heavy atom. The predicted octanol–water partition coefficient (Wildman–Crippen LogP) is 2.43. The van der Waals surface area contributed by atoms with Gasteiger partial charge in [-0.2, -0.15) is 5.26 Å². The fourth-order valence-electron chi connectivity index (χ4n) is 1.65. The summed E-state index contributed by atoms with van der Waals surface area (Å²) in [4.78, 5) is 10.8. The minimum absolute atomic E-state index is 0.00757. The molecule has 1 aromatic heterocycles. The molecule has 1 heterocycles. The van der Waals surface area contributed by atoms with E-state index in [1.165, 1.54) is 24.3 Å². The second-order valence-electron chi connectivity index (χ2n) is 4.17. The SMILES string of the molecule is Cc1ccc(C#N)cc1S(=O)(=O)Nc1ccc(C(=O)O)s1. The van der Waals surface area contributed by atoms with Crippen molar-refractivity contribution in [2.24, 2.45) is 0 Å². The van der Waals surface area contributed by atoms with Crippen molar-refractivity contribution < 1.29 is 18.3 Å². The van der Waals surface area contributed by atoms with Gasteiger partial charge in [0.05, 0.1) is 16.5 Å². The number of sulfonamides is 1. The normalized spacial score (nSPS) is 10.9. The third-order valence-corrected chi connectivity index (χ3v) is 5.28. The van der Waals surface area contributed by atoms with Gasteiger partial charge in [0, 0.05) is 0 Å². The summed E-state index contributed by atoms with van der Waals surface area (Å²) in [6.07, 6.45) is 0. The highest BCUT2D eigenvalue weighted by Gasteiger charge is 2.19. The number of benzene rings is 1. The van der Waals surface area contributed by atoms with E-state index in [0.29, 0.717) is 5.56 Å². The second-order valence-corrected chi connectivity index (χ2v) is 6.90. The molecule has 0 spiro atoms. The summed E-state index contributed by atoms with van der Waals surface area (Å²) in [6, 6.07) is 8.95. The number of anilines is 1. The lowest BCUT2D eigenvalue weighted by atomic mass is 10.2. The van der Waals surface area contributed by atoms with Gasteiger partial charge in [-0.25, -0.2) is 13.2 Å². The lowest BCUT2D eigenvalue weighted by Crippen LogP contribution is -2.13. The lowest BCUT2D eigenvalue weighted by molar-refractivity contribution is 0.0702. The van der Waals surface area contributed by atoms with Crippen LogP contribution >= 0.6 is 11.3 Å². The van der Waals surface area contributed by atoms with Crippen molar-refractivity contribution >= 4 is 32.3 Å². The zero-order chi connectivity index (χ0) is 15.6. The number of hydrogen-bond donors (Lipinski definition) is 2. The predicted molar refractivity (Wildman–Crippen MR) is 78.0 cm³/mol. The summed E-state index contributed by atoms with van der Waals surface area (Å²) < 4.78 is 26.9. The molecule has 1 aromatic carbocycles. The van der Waals surface area contributed by atoms with Gasteiger partial charge in [-0.05, 0) is 36.8 Å². The van der Waals surface area contributed by atoms with E-state index >= 15 is 0 Å². The summed E-state index contributed by atoms with van der Waals surface area (Å²) in [5.74, 6) is -1.12. The van der Waals surface area contributed by atoms with E-state index < -0.39 is 16.0 Å². The summed E-state index contributed by atoms with van der Waals surface area (Å²) >= 11 is 0.824. The Balaban J connectivity index is 2.38. The first-order chi connectivity index (χ1) is 9.83. The monoisotopic (exact) mass is 322 g/mol. The van der Waals surface area contributed by atoms with Gasteiger partial charge in [-0.3, -0.25) is 4.72 Å². The molecule has 2 N–H and O–H groups in total. The van der Waals surface area contributed by atoms with Crippen LogP contribution < -0.4 is 4.72 Å². The molecule has 8 heteroatoms. The molecule has 0 bridgehead atoms. The van der Waals surface area contributed by atoms with Crippen molar-refractivity contribution in [3.63, 3.8) is 0 Å². The molecule has 0 atom stereocenters. The molecule has 108 valence electrons. The molecule has 0 aliphatic carbocycles. The van der Waals surface area contributed by atoms with Gasteiger partial charge in [0.15, 0.2) is 0 Å². The van der Waals surface area contributed by atoms with Crippen molar-refractivity contribution in [2.75, 3.05) is 4.72 Å². The molecule has 0 aliphatic rings. The van der Waals surface area contributed by atoms with Gasteiger partial charge in [-0.15, -0.1) is 11.3 Å². The zero-order valence-corrected chi connectivity index (χ0v) is 12.5. The molecule has 6 nitrogen and oxygen atoms in total. The standard InChI is InChI=1S/C13H10N2O4S2/c1-8-2-3-9(7-14)6-11(8)21(18,19)15-12-5-4-10(20-12)13(16)17/h2-6,15H,1H3,(H,16,17). The summed E-state index contributed by atoms with van der Waals surface area (Å²) in [5.41, 5.74) is 0.731. The number of carbonyl (C=O) groups is 1. The molecule has 0 radical (unpaired) electrons. The molecule has 2 aromatic rings. The van der Waals surface area contributed by atoms with E-state index in [2.05, 4.69) is 4.72 Å². The van der Waals surface area contributed by atoms with E-state index in [9.17, 15) is 13.2 Å². The molecule has 21 heavy (non-hydrogen) atoms. The van der Waals surface area contributed by atoms with Gasteiger partial charge < -0.3 is 5.11 Å². The third-order valence-electron chi connectivity index (χ3n) is 2.66. The average molecular weight is 322 g/mol. The van der Waals surface area contributed by atoms with Crippen molar-refractivity contribution in [1.29, 1.82) is 5.26 Å². The van der Waals surface area contributed by atoms with Crippen LogP contribution in [-0.4, -0.2) is 19.5 Å². The number of nitrogens with zero attached hydrogens (tertiary/aromatic N) is 1. The third kappa shape index (κ3) is 3.21. The van der Waals surface area contributed by atoms with Gasteiger partial charge in [0.1, 0.15) is 9.88 Å². The topological polar surface area (TPSA) is 107 Å². The quantitative estimate of drug-likeness (QED) is 0.899. The van der Waals surface area contributed by atoms with Gasteiger partial charge in [-0.1, -0.05) is 6.07 Å². The molecule has 0 unspecified atom stereocenters. The first-order valence-electron chi connectivity index (χ1n) is 5.70. The number of thiophene rings is 1. The fraction of sp³-hybridized carbons (Fsp3) is 0.0769. The molecule has 0 amide bonds. The number of carboxylic acids is 1. The molecule has 0 saturated heterocycles. The molecule has 0 fully saturated rings. The van der Waals surface area contributed by atoms with E-state index in [1.54, 1.807) is 13.0 Å². The van der Waals surface area contributed by atoms with Crippen molar-refractivity contribution in [1.82, 2.24) is 0 Å². The minimum Gasteiger partial charge on any atom is -0.477 e. The van der Waals surface area contributed by atoms with E-state index in [-0.39, 0.29) is 20.3 Å². The van der Waals surface area contributed by atoms with Gasteiger partial charge in [0.2, 0.25) is 0 Å². The highest BCUT2D eigenvalue weighted by atomic mass is 32.2. The molecular weight excluding hydrogens is 312 g/mol. The van der Waals surface area contributed by atoms with Crippen LogP contribution in [0.15, 0.2) is 35.2 Å². The van der Waals surface area contributed by atoms with Gasteiger partial charge >= 0.3 is 5.97 Å². The van der Waals surface area contributed by atoms with Crippen LogP contribution in [0.2, 0.25) is 0 Å². The Morgan fingerprint density at radius 2 is 2.05 bits per heavy atom. The number of carboxylic acid groups (broad SMARTS) is 1. The number of rotatable bonds is 4. The van der Waals surface area contributed by atoms with Crippen molar-refractivity contribution in [2.45, 2.75) is 11.8 Å². The van der Waals surface area contributed by atoms with E-state index in [0.717, 1.165) is 11.3 Å². The zero-order valence-electron chi connectivity index (χ0n) is 10.8. The van der Waals surface area contributed by atoms with E-state index in [1.807, 2.05) is 6.07 Å². The van der Waals surface area contributed by atoms with Crippen molar-refractivity contribution in [3.8, 4) is 6.07 Å². The van der Waals surface area contributed by atoms with Crippen LogP contribution in [0, 0.1) is 18.3 Å². The number of aryl methyl sites for hydroxylation is 1. The summed E-state index contributed by atoms with van der Waals surface area (Å²) in [5, 5.41) is 17.9. The van der Waals surface area contributed by atoms with Crippen LogP contribution in [0.5, 0.6) is 0 Å². The summed E-state index contributed by atoms with van der Waals surface area (Å²) in [7, 11) is -3.87. The Kier molecular flexibility index (Phi) is 3.97. The molecular formula is C13H10N2O4S2. The second kappa shape index (κ2) is 5.55. The number of nitriles is 1. The minimum atomic E-state index is -3.87. The molecule has 2 rings (SSSR count). The number of aromatic carboxylic acids is 1. The van der Waals surface area contributed by atoms with E-state index in [4.69, 9.17) is 10.4 Å². The maximum Gasteiger partial charge on any atom is 0.345 e. The van der Waals surface area contributed by atoms with Gasteiger partial charge in [0.25, 0.3) is 10.0 Å². The summed E-state index contributed by atoms with van der Waals surface area (Å²) in [6.45, 7) is 1.62.